The fourth-order valence-corrected chi connectivity index (χ4v) is 0.833. The Bertz CT molecular complexity index is 235. The maximum absolute atomic E-state index is 11.3. The zero-order chi connectivity index (χ0) is 12.1. The van der Waals surface area contributed by atoms with Crippen LogP contribution >= 0.6 is 0 Å². The summed E-state index contributed by atoms with van der Waals surface area (Å²) in [7, 11) is 0. The summed E-state index contributed by atoms with van der Waals surface area (Å²) in [5, 5.41) is 22.4. The number of rotatable bonds is 4. The van der Waals surface area contributed by atoms with Crippen molar-refractivity contribution in [1.29, 1.82) is 0 Å². The molecule has 0 spiro atoms. The molecule has 0 aromatic heterocycles. The zero-order valence-corrected chi connectivity index (χ0v) is 9.20. The Morgan fingerprint density at radius 1 is 1.27 bits per heavy atom. The smallest absolute Gasteiger partial charge is 0.259 e. The third kappa shape index (κ3) is 6.03. The molecular weight excluding hydrogens is 200 g/mol. The molecule has 0 aromatic rings. The molecule has 0 fully saturated rings. The average molecular weight is 218 g/mol. The van der Waals surface area contributed by atoms with Crippen molar-refractivity contribution in [3.8, 4) is 0 Å². The summed E-state index contributed by atoms with van der Waals surface area (Å²) in [6.45, 7) is 4.99. The number of carbonyl (C=O) groups is 2. The van der Waals surface area contributed by atoms with Crippen molar-refractivity contribution in [2.24, 2.45) is 0 Å². The number of aliphatic hydroxyl groups excluding tert-OH is 2. The van der Waals surface area contributed by atoms with Gasteiger partial charge in [-0.05, 0) is 20.8 Å². The second kappa shape index (κ2) is 5.67. The van der Waals surface area contributed by atoms with Crippen molar-refractivity contribution in [2.45, 2.75) is 32.4 Å². The van der Waals surface area contributed by atoms with Gasteiger partial charge in [0, 0.05) is 12.1 Å². The van der Waals surface area contributed by atoms with E-state index in [1.165, 1.54) is 0 Å². The minimum Gasteiger partial charge on any atom is -0.395 e. The molecule has 1 atom stereocenters. The molecular formula is C9H18N2O4. The molecule has 88 valence electrons. The van der Waals surface area contributed by atoms with Crippen LogP contribution in [0.5, 0.6) is 0 Å². The van der Waals surface area contributed by atoms with Gasteiger partial charge < -0.3 is 20.8 Å². The van der Waals surface area contributed by atoms with Crippen LogP contribution in [0, 0.1) is 0 Å². The largest absolute Gasteiger partial charge is 0.395 e. The van der Waals surface area contributed by atoms with Crippen LogP contribution in [0.15, 0.2) is 0 Å². The molecule has 15 heavy (non-hydrogen) atoms. The molecule has 4 N–H and O–H groups in total. The lowest BCUT2D eigenvalue weighted by atomic mass is 10.1. The maximum Gasteiger partial charge on any atom is 0.259 e. The third-order valence-corrected chi connectivity index (χ3v) is 1.41. The maximum atomic E-state index is 11.3. The first kappa shape index (κ1) is 13.9. The van der Waals surface area contributed by atoms with Gasteiger partial charge in [0.25, 0.3) is 11.8 Å². The van der Waals surface area contributed by atoms with Crippen molar-refractivity contribution in [3.05, 3.63) is 0 Å². The third-order valence-electron chi connectivity index (χ3n) is 1.41. The highest BCUT2D eigenvalue weighted by Crippen LogP contribution is 1.99. The topological polar surface area (TPSA) is 98.7 Å². The molecule has 2 amide bonds. The van der Waals surface area contributed by atoms with Crippen molar-refractivity contribution >= 4 is 11.8 Å². The van der Waals surface area contributed by atoms with Crippen LogP contribution in [0.3, 0.4) is 0 Å². The van der Waals surface area contributed by atoms with E-state index in [1.807, 2.05) is 0 Å². The summed E-state index contributed by atoms with van der Waals surface area (Å²) >= 11 is 0. The van der Waals surface area contributed by atoms with E-state index in [9.17, 15) is 14.7 Å². The minimum atomic E-state index is -1.74. The van der Waals surface area contributed by atoms with E-state index in [2.05, 4.69) is 10.6 Å². The Balaban J connectivity index is 4.14. The van der Waals surface area contributed by atoms with Gasteiger partial charge in [0.1, 0.15) is 0 Å². The van der Waals surface area contributed by atoms with Gasteiger partial charge in [-0.3, -0.25) is 9.59 Å². The van der Waals surface area contributed by atoms with E-state index in [0.717, 1.165) is 0 Å². The predicted octanol–water partition coefficient (Wildman–Crippen LogP) is -1.63. The lowest BCUT2D eigenvalue weighted by Crippen LogP contribution is -2.51. The van der Waals surface area contributed by atoms with Crippen molar-refractivity contribution < 1.29 is 19.8 Å². The van der Waals surface area contributed by atoms with Crippen LogP contribution in [-0.4, -0.2) is 46.8 Å². The summed E-state index contributed by atoms with van der Waals surface area (Å²) in [5.41, 5.74) is -0.505. The van der Waals surface area contributed by atoms with Crippen LogP contribution in [0.25, 0.3) is 0 Å². The number of aliphatic hydroxyl groups is 2. The summed E-state index contributed by atoms with van der Waals surface area (Å²) in [6.07, 6.45) is -1.74. The normalized spacial score (nSPS) is 13.1. The van der Waals surface area contributed by atoms with E-state index in [4.69, 9.17) is 5.11 Å². The molecule has 0 rings (SSSR count). The predicted molar refractivity (Wildman–Crippen MR) is 54.0 cm³/mol. The van der Waals surface area contributed by atoms with Crippen LogP contribution in [-0.2, 0) is 9.59 Å². The van der Waals surface area contributed by atoms with E-state index < -0.39 is 23.5 Å². The Morgan fingerprint density at radius 2 is 1.80 bits per heavy atom. The quantitative estimate of drug-likeness (QED) is 0.426. The second-order valence-electron chi connectivity index (χ2n) is 4.16. The molecule has 0 aliphatic carbocycles. The SMILES string of the molecule is CC(C)(C)NC(=O)C(O)C(=O)NCCO. The number of carbonyl (C=O) groups excluding carboxylic acids is 2. The van der Waals surface area contributed by atoms with Crippen LogP contribution in [0.4, 0.5) is 0 Å². The molecule has 6 heteroatoms. The Labute approximate surface area is 88.7 Å². The van der Waals surface area contributed by atoms with Crippen molar-refractivity contribution in [2.75, 3.05) is 13.2 Å². The molecule has 0 saturated heterocycles. The minimum absolute atomic E-state index is 0.0126. The Hall–Kier alpha value is -1.14. The summed E-state index contributed by atoms with van der Waals surface area (Å²) in [6, 6.07) is 0. The summed E-state index contributed by atoms with van der Waals surface area (Å²) in [5.74, 6) is -1.57. The molecule has 0 saturated carbocycles. The van der Waals surface area contributed by atoms with Gasteiger partial charge in [-0.2, -0.15) is 0 Å². The van der Waals surface area contributed by atoms with Gasteiger partial charge in [-0.25, -0.2) is 0 Å². The standard InChI is InChI=1S/C9H18N2O4/c1-9(2,3)11-8(15)6(13)7(14)10-4-5-12/h6,12-13H,4-5H2,1-3H3,(H,10,14)(H,11,15). The van der Waals surface area contributed by atoms with E-state index in [0.29, 0.717) is 0 Å². The van der Waals surface area contributed by atoms with E-state index in [-0.39, 0.29) is 13.2 Å². The first-order valence-electron chi connectivity index (χ1n) is 4.66. The Morgan fingerprint density at radius 3 is 2.20 bits per heavy atom. The number of hydrogen-bond donors (Lipinski definition) is 4. The van der Waals surface area contributed by atoms with Gasteiger partial charge in [0.15, 0.2) is 0 Å². The van der Waals surface area contributed by atoms with Crippen LogP contribution in [0.2, 0.25) is 0 Å². The molecule has 0 aliphatic heterocycles. The molecule has 0 bridgehead atoms. The average Bonchev–Trinajstić information content (AvgIpc) is 2.10. The van der Waals surface area contributed by atoms with Gasteiger partial charge >= 0.3 is 0 Å². The second-order valence-corrected chi connectivity index (χ2v) is 4.16. The van der Waals surface area contributed by atoms with Gasteiger partial charge in [0.05, 0.1) is 6.61 Å². The van der Waals surface area contributed by atoms with E-state index >= 15 is 0 Å². The van der Waals surface area contributed by atoms with E-state index in [1.54, 1.807) is 20.8 Å². The molecule has 0 heterocycles. The monoisotopic (exact) mass is 218 g/mol. The van der Waals surface area contributed by atoms with Crippen molar-refractivity contribution in [3.63, 3.8) is 0 Å². The lowest BCUT2D eigenvalue weighted by Gasteiger charge is -2.22. The molecule has 0 radical (unpaired) electrons. The molecule has 0 aliphatic rings. The molecule has 0 aromatic carbocycles. The lowest BCUT2D eigenvalue weighted by molar-refractivity contribution is -0.142. The first-order valence-corrected chi connectivity index (χ1v) is 4.66. The number of amides is 2. The fourth-order valence-electron chi connectivity index (χ4n) is 0.833. The summed E-state index contributed by atoms with van der Waals surface area (Å²) in [4.78, 5) is 22.4. The van der Waals surface area contributed by atoms with Crippen molar-refractivity contribution in [1.82, 2.24) is 10.6 Å². The fraction of sp³-hybridized carbons (Fsp3) is 0.778. The van der Waals surface area contributed by atoms with Gasteiger partial charge in [-0.15, -0.1) is 0 Å². The van der Waals surface area contributed by atoms with Crippen LogP contribution < -0.4 is 10.6 Å². The molecule has 1 unspecified atom stereocenters. The Kier molecular flexibility index (Phi) is 5.24. The van der Waals surface area contributed by atoms with Gasteiger partial charge in [0.2, 0.25) is 6.10 Å². The highest BCUT2D eigenvalue weighted by atomic mass is 16.3. The zero-order valence-electron chi connectivity index (χ0n) is 9.20. The first-order chi connectivity index (χ1) is 6.78. The number of nitrogens with one attached hydrogen (secondary N) is 2. The number of hydrogen-bond acceptors (Lipinski definition) is 4. The summed E-state index contributed by atoms with van der Waals surface area (Å²) < 4.78 is 0. The molecule has 6 nitrogen and oxygen atoms in total. The van der Waals surface area contributed by atoms with Gasteiger partial charge in [-0.1, -0.05) is 0 Å². The highest BCUT2D eigenvalue weighted by Gasteiger charge is 2.26. The highest BCUT2D eigenvalue weighted by molar-refractivity contribution is 6.03. The van der Waals surface area contributed by atoms with Crippen LogP contribution in [0.1, 0.15) is 20.8 Å².